The highest BCUT2D eigenvalue weighted by atomic mass is 16.4. The van der Waals surface area contributed by atoms with Crippen LogP contribution < -0.4 is 11.1 Å². The fourth-order valence-electron chi connectivity index (χ4n) is 3.56. The van der Waals surface area contributed by atoms with Gasteiger partial charge in [0.05, 0.1) is 12.6 Å². The molecule has 4 unspecified atom stereocenters. The lowest BCUT2D eigenvalue weighted by Crippen LogP contribution is -2.59. The highest BCUT2D eigenvalue weighted by Crippen LogP contribution is 2.21. The summed E-state index contributed by atoms with van der Waals surface area (Å²) in [5.41, 5.74) is 5.36. The zero-order valence-electron chi connectivity index (χ0n) is 14.8. The maximum atomic E-state index is 12.7. The van der Waals surface area contributed by atoms with Crippen molar-refractivity contribution in [2.24, 2.45) is 5.73 Å². The largest absolute Gasteiger partial charge is 0.480 e. The molecule has 2 saturated heterocycles. The molecule has 0 bridgehead atoms. The minimum atomic E-state index is -1.27. The summed E-state index contributed by atoms with van der Waals surface area (Å²) < 4.78 is 0. The van der Waals surface area contributed by atoms with Crippen LogP contribution in [0, 0.1) is 0 Å². The highest BCUT2D eigenvalue weighted by Gasteiger charge is 2.41. The van der Waals surface area contributed by atoms with Crippen molar-refractivity contribution < 1.29 is 29.4 Å². The zero-order valence-corrected chi connectivity index (χ0v) is 14.8. The van der Waals surface area contributed by atoms with Crippen LogP contribution in [0.1, 0.15) is 32.6 Å². The van der Waals surface area contributed by atoms with Gasteiger partial charge in [0.1, 0.15) is 18.1 Å². The maximum Gasteiger partial charge on any atom is 0.326 e. The van der Waals surface area contributed by atoms with E-state index in [9.17, 15) is 29.4 Å². The summed E-state index contributed by atoms with van der Waals surface area (Å²) in [5.74, 6) is -2.64. The van der Waals surface area contributed by atoms with Crippen LogP contribution in [-0.2, 0) is 19.2 Å². The minimum absolute atomic E-state index is 0.212. The lowest BCUT2D eigenvalue weighted by atomic mass is 10.1. The molecule has 5 N–H and O–H groups in total. The molecule has 10 heteroatoms. The number of rotatable bonds is 6. The van der Waals surface area contributed by atoms with E-state index in [2.05, 4.69) is 5.32 Å². The van der Waals surface area contributed by atoms with Gasteiger partial charge >= 0.3 is 5.97 Å². The monoisotopic (exact) mass is 370 g/mol. The first-order valence-corrected chi connectivity index (χ1v) is 8.79. The van der Waals surface area contributed by atoms with Crippen molar-refractivity contribution in [1.82, 2.24) is 15.1 Å². The van der Waals surface area contributed by atoms with Gasteiger partial charge in [-0.1, -0.05) is 0 Å². The Labute approximate surface area is 151 Å². The summed E-state index contributed by atoms with van der Waals surface area (Å²) in [7, 11) is 0. The van der Waals surface area contributed by atoms with E-state index < -0.39 is 42.0 Å². The van der Waals surface area contributed by atoms with Crippen LogP contribution in [0.3, 0.4) is 0 Å². The number of carboxylic acid groups (broad SMARTS) is 1. The standard InChI is InChI=1S/C16H26N4O6/c1-9(21)13(15(24)20-7-3-5-11(20)16(25)26)18-14(23)10-4-2-6-19(10)12(22)8-17/h9-11,13,21H,2-8,17H2,1H3,(H,18,23)(H,25,26). The molecular formula is C16H26N4O6. The molecule has 0 aromatic carbocycles. The third-order valence-corrected chi connectivity index (χ3v) is 4.92. The van der Waals surface area contributed by atoms with Crippen molar-refractivity contribution in [3.05, 3.63) is 0 Å². The molecular weight excluding hydrogens is 344 g/mol. The lowest BCUT2D eigenvalue weighted by molar-refractivity contribution is -0.151. The molecule has 26 heavy (non-hydrogen) atoms. The topological polar surface area (TPSA) is 153 Å². The van der Waals surface area contributed by atoms with E-state index in [1.54, 1.807) is 0 Å². The fourth-order valence-corrected chi connectivity index (χ4v) is 3.56. The first-order chi connectivity index (χ1) is 12.3. The van der Waals surface area contributed by atoms with Gasteiger partial charge in [-0.25, -0.2) is 4.79 Å². The highest BCUT2D eigenvalue weighted by molar-refractivity contribution is 5.94. The number of carboxylic acids is 1. The maximum absolute atomic E-state index is 12.7. The van der Waals surface area contributed by atoms with Gasteiger partial charge in [-0.3, -0.25) is 14.4 Å². The Hall–Kier alpha value is -2.20. The molecule has 4 atom stereocenters. The van der Waals surface area contributed by atoms with Gasteiger partial charge in [0.25, 0.3) is 0 Å². The Morgan fingerprint density at radius 1 is 1.12 bits per heavy atom. The van der Waals surface area contributed by atoms with Gasteiger partial charge in [-0.15, -0.1) is 0 Å². The Morgan fingerprint density at radius 2 is 1.69 bits per heavy atom. The van der Waals surface area contributed by atoms with E-state index in [0.717, 1.165) is 0 Å². The number of nitrogens with one attached hydrogen (secondary N) is 1. The Morgan fingerprint density at radius 3 is 2.23 bits per heavy atom. The Balaban J connectivity index is 2.10. The molecule has 0 spiro atoms. The van der Waals surface area contributed by atoms with Crippen LogP contribution in [0.5, 0.6) is 0 Å². The number of carbonyl (C=O) groups is 4. The average Bonchev–Trinajstić information content (AvgIpc) is 3.26. The number of aliphatic hydroxyl groups excluding tert-OH is 1. The number of aliphatic carboxylic acids is 1. The second-order valence-electron chi connectivity index (χ2n) is 6.70. The second-order valence-corrected chi connectivity index (χ2v) is 6.70. The lowest BCUT2D eigenvalue weighted by Gasteiger charge is -2.30. The zero-order chi connectivity index (χ0) is 19.4. The van der Waals surface area contributed by atoms with Crippen molar-refractivity contribution >= 4 is 23.7 Å². The van der Waals surface area contributed by atoms with Gasteiger partial charge in [0.15, 0.2) is 0 Å². The third-order valence-electron chi connectivity index (χ3n) is 4.92. The molecule has 0 aromatic rings. The summed E-state index contributed by atoms with van der Waals surface area (Å²) >= 11 is 0. The average molecular weight is 370 g/mol. The second kappa shape index (κ2) is 8.45. The smallest absolute Gasteiger partial charge is 0.326 e. The molecule has 2 heterocycles. The van der Waals surface area contributed by atoms with Crippen LogP contribution in [0.4, 0.5) is 0 Å². The summed E-state index contributed by atoms with van der Waals surface area (Å²) in [6.07, 6.45) is 0.763. The van der Waals surface area contributed by atoms with Gasteiger partial charge in [0, 0.05) is 13.1 Å². The van der Waals surface area contributed by atoms with E-state index in [-0.39, 0.29) is 19.0 Å². The van der Waals surface area contributed by atoms with Crippen molar-refractivity contribution in [2.75, 3.05) is 19.6 Å². The summed E-state index contributed by atoms with van der Waals surface area (Å²) in [4.78, 5) is 51.0. The number of nitrogens with zero attached hydrogens (tertiary/aromatic N) is 2. The van der Waals surface area contributed by atoms with Crippen molar-refractivity contribution in [3.8, 4) is 0 Å². The molecule has 0 aliphatic carbocycles. The number of nitrogens with two attached hydrogens (primary N) is 1. The Kier molecular flexibility index (Phi) is 6.54. The summed E-state index contributed by atoms with van der Waals surface area (Å²) in [5, 5.41) is 21.7. The van der Waals surface area contributed by atoms with E-state index in [1.165, 1.54) is 16.7 Å². The first kappa shape index (κ1) is 20.1. The van der Waals surface area contributed by atoms with E-state index in [4.69, 9.17) is 5.73 Å². The quantitative estimate of drug-likeness (QED) is 0.417. The van der Waals surface area contributed by atoms with Crippen molar-refractivity contribution in [3.63, 3.8) is 0 Å². The van der Waals surface area contributed by atoms with Crippen LogP contribution in [0.2, 0.25) is 0 Å². The van der Waals surface area contributed by atoms with E-state index in [0.29, 0.717) is 32.2 Å². The third kappa shape index (κ3) is 4.13. The predicted octanol–water partition coefficient (Wildman–Crippen LogP) is -2.12. The van der Waals surface area contributed by atoms with Gasteiger partial charge < -0.3 is 31.1 Å². The van der Waals surface area contributed by atoms with Gasteiger partial charge in [-0.2, -0.15) is 0 Å². The van der Waals surface area contributed by atoms with Crippen LogP contribution in [-0.4, -0.2) is 87.6 Å². The van der Waals surface area contributed by atoms with E-state index >= 15 is 0 Å². The molecule has 10 nitrogen and oxygen atoms in total. The van der Waals surface area contributed by atoms with Crippen LogP contribution in [0.15, 0.2) is 0 Å². The van der Waals surface area contributed by atoms with Crippen LogP contribution >= 0.6 is 0 Å². The first-order valence-electron chi connectivity index (χ1n) is 8.79. The molecule has 0 aromatic heterocycles. The number of carbonyl (C=O) groups excluding carboxylic acids is 3. The predicted molar refractivity (Wildman–Crippen MR) is 89.8 cm³/mol. The molecule has 2 rings (SSSR count). The van der Waals surface area contributed by atoms with Gasteiger partial charge in [-0.05, 0) is 32.6 Å². The Bertz CT molecular complexity index is 581. The number of hydrogen-bond donors (Lipinski definition) is 4. The molecule has 0 radical (unpaired) electrons. The summed E-state index contributed by atoms with van der Waals surface area (Å²) in [6, 6.07) is -2.96. The van der Waals surface area contributed by atoms with Crippen molar-refractivity contribution in [1.29, 1.82) is 0 Å². The fraction of sp³-hybridized carbons (Fsp3) is 0.750. The molecule has 146 valence electrons. The number of aliphatic hydroxyl groups is 1. The number of hydrogen-bond acceptors (Lipinski definition) is 6. The molecule has 2 aliphatic rings. The molecule has 0 saturated carbocycles. The van der Waals surface area contributed by atoms with Gasteiger partial charge in [0.2, 0.25) is 17.7 Å². The normalized spacial score (nSPS) is 25.0. The van der Waals surface area contributed by atoms with E-state index in [1.807, 2.05) is 0 Å². The number of likely N-dealkylation sites (tertiary alicyclic amines) is 2. The SMILES string of the molecule is CC(O)C(NC(=O)C1CCCN1C(=O)CN)C(=O)N1CCCC1C(=O)O. The van der Waals surface area contributed by atoms with Crippen LogP contribution in [0.25, 0.3) is 0 Å². The molecule has 2 aliphatic heterocycles. The van der Waals surface area contributed by atoms with Crippen molar-refractivity contribution in [2.45, 2.75) is 56.8 Å². The summed E-state index contributed by atoms with van der Waals surface area (Å²) in [6.45, 7) is 1.81. The number of amides is 3. The molecule has 2 fully saturated rings. The molecule has 3 amide bonds. The minimum Gasteiger partial charge on any atom is -0.480 e.